The monoisotopic (exact) mass is 387 g/mol. The van der Waals surface area contributed by atoms with Gasteiger partial charge in [-0.1, -0.05) is 18.2 Å². The summed E-state index contributed by atoms with van der Waals surface area (Å²) in [4.78, 5) is 30.1. The number of benzene rings is 1. The number of amides is 2. The first-order valence-corrected chi connectivity index (χ1v) is 10.5. The smallest absolute Gasteiger partial charge is 0.219 e. The zero-order valence-corrected chi connectivity index (χ0v) is 17.2. The number of carbonyl (C=O) groups excluding carboxylic acids is 2. The van der Waals surface area contributed by atoms with Crippen LogP contribution in [0.4, 0.5) is 0 Å². The van der Waals surface area contributed by atoms with Crippen molar-refractivity contribution >= 4 is 11.8 Å². The molecule has 2 aliphatic heterocycles. The lowest BCUT2D eigenvalue weighted by Gasteiger charge is -2.38. The molecular weight excluding hydrogens is 354 g/mol. The van der Waals surface area contributed by atoms with Gasteiger partial charge in [0.15, 0.2) is 0 Å². The number of nitrogens with zero attached hydrogens (tertiary/aromatic N) is 3. The first-order valence-electron chi connectivity index (χ1n) is 10.5. The van der Waals surface area contributed by atoms with Crippen LogP contribution in [0.15, 0.2) is 24.3 Å². The maximum atomic E-state index is 12.1. The van der Waals surface area contributed by atoms with E-state index in [0.717, 1.165) is 69.7 Å². The van der Waals surface area contributed by atoms with Gasteiger partial charge in [0.05, 0.1) is 0 Å². The van der Waals surface area contributed by atoms with Gasteiger partial charge in [0.2, 0.25) is 11.8 Å². The van der Waals surface area contributed by atoms with Crippen LogP contribution < -0.4 is 4.74 Å². The van der Waals surface area contributed by atoms with Crippen molar-refractivity contribution in [1.29, 1.82) is 0 Å². The molecule has 2 aliphatic rings. The molecule has 0 saturated carbocycles. The summed E-state index contributed by atoms with van der Waals surface area (Å²) in [7, 11) is 0. The van der Waals surface area contributed by atoms with E-state index in [2.05, 4.69) is 4.90 Å². The van der Waals surface area contributed by atoms with Crippen molar-refractivity contribution in [2.24, 2.45) is 0 Å². The molecule has 154 valence electrons. The maximum absolute atomic E-state index is 12.1. The summed E-state index contributed by atoms with van der Waals surface area (Å²) in [5.74, 6) is 1.16. The molecule has 0 radical (unpaired) electrons. The molecule has 28 heavy (non-hydrogen) atoms. The Hall–Kier alpha value is -2.08. The van der Waals surface area contributed by atoms with Gasteiger partial charge in [-0.05, 0) is 38.3 Å². The molecule has 1 saturated heterocycles. The van der Waals surface area contributed by atoms with Crippen LogP contribution in [0.1, 0.15) is 45.1 Å². The molecule has 2 amide bonds. The van der Waals surface area contributed by atoms with E-state index in [-0.39, 0.29) is 11.8 Å². The highest BCUT2D eigenvalue weighted by Crippen LogP contribution is 2.22. The van der Waals surface area contributed by atoms with E-state index in [4.69, 9.17) is 4.74 Å². The topological polar surface area (TPSA) is 53.1 Å². The molecule has 1 aromatic carbocycles. The van der Waals surface area contributed by atoms with Crippen LogP contribution in [0.2, 0.25) is 0 Å². The first-order chi connectivity index (χ1) is 13.5. The van der Waals surface area contributed by atoms with Crippen LogP contribution in [0.5, 0.6) is 5.75 Å². The Labute approximate surface area is 168 Å². The summed E-state index contributed by atoms with van der Waals surface area (Å²) >= 11 is 0. The molecule has 0 unspecified atom stereocenters. The molecule has 0 N–H and O–H groups in total. The van der Waals surface area contributed by atoms with Gasteiger partial charge in [-0.15, -0.1) is 0 Å². The van der Waals surface area contributed by atoms with Gasteiger partial charge in [0.1, 0.15) is 12.4 Å². The number of carbonyl (C=O) groups is 2. The number of para-hydroxylation sites is 1. The van der Waals surface area contributed by atoms with Crippen LogP contribution >= 0.6 is 0 Å². The van der Waals surface area contributed by atoms with Crippen molar-refractivity contribution in [3.63, 3.8) is 0 Å². The number of piperidine rings is 1. The van der Waals surface area contributed by atoms with E-state index in [0.29, 0.717) is 19.2 Å². The molecule has 6 heteroatoms. The van der Waals surface area contributed by atoms with Crippen LogP contribution in [0.3, 0.4) is 0 Å². The van der Waals surface area contributed by atoms with Crippen LogP contribution in [-0.2, 0) is 16.1 Å². The van der Waals surface area contributed by atoms with Crippen LogP contribution in [0.25, 0.3) is 0 Å². The molecule has 1 aromatic rings. The normalized spacial score (nSPS) is 20.5. The van der Waals surface area contributed by atoms with Crippen molar-refractivity contribution in [2.75, 3.05) is 39.3 Å². The predicted molar refractivity (Wildman–Crippen MR) is 109 cm³/mol. The van der Waals surface area contributed by atoms with Gasteiger partial charge in [-0.3, -0.25) is 14.5 Å². The Morgan fingerprint density at radius 2 is 1.57 bits per heavy atom. The van der Waals surface area contributed by atoms with Crippen molar-refractivity contribution in [1.82, 2.24) is 14.7 Å². The second-order valence-corrected chi connectivity index (χ2v) is 7.88. The number of ether oxygens (including phenoxy) is 1. The van der Waals surface area contributed by atoms with Gasteiger partial charge in [-0.25, -0.2) is 0 Å². The summed E-state index contributed by atoms with van der Waals surface area (Å²) in [6, 6.07) is 8.53. The summed E-state index contributed by atoms with van der Waals surface area (Å²) in [6.45, 7) is 8.93. The fourth-order valence-electron chi connectivity index (χ4n) is 4.24. The summed E-state index contributed by atoms with van der Waals surface area (Å²) in [5, 5.41) is 0. The Balaban J connectivity index is 1.67. The summed E-state index contributed by atoms with van der Waals surface area (Å²) in [5.41, 5.74) is 1.07. The molecule has 0 bridgehead atoms. The summed E-state index contributed by atoms with van der Waals surface area (Å²) < 4.78 is 6.12. The van der Waals surface area contributed by atoms with Gasteiger partial charge in [-0.2, -0.15) is 0 Å². The molecule has 2 heterocycles. The molecular formula is C22H33N3O3. The first kappa shape index (κ1) is 20.6. The lowest BCUT2D eigenvalue weighted by Crippen LogP contribution is -2.47. The highest BCUT2D eigenvalue weighted by atomic mass is 16.5. The van der Waals surface area contributed by atoms with E-state index in [9.17, 15) is 9.59 Å². The van der Waals surface area contributed by atoms with Crippen molar-refractivity contribution in [3.8, 4) is 5.75 Å². The second-order valence-electron chi connectivity index (χ2n) is 7.88. The van der Waals surface area contributed by atoms with E-state index in [1.54, 1.807) is 13.8 Å². The van der Waals surface area contributed by atoms with Gasteiger partial charge in [0, 0.05) is 58.2 Å². The molecule has 0 aliphatic carbocycles. The largest absolute Gasteiger partial charge is 0.492 e. The van der Waals surface area contributed by atoms with Crippen LogP contribution in [0, 0.1) is 0 Å². The third kappa shape index (κ3) is 5.47. The Kier molecular flexibility index (Phi) is 7.31. The predicted octanol–water partition coefficient (Wildman–Crippen LogP) is 2.52. The number of likely N-dealkylation sites (tertiary alicyclic amines) is 1. The fraction of sp³-hybridized carbons (Fsp3) is 0.636. The van der Waals surface area contributed by atoms with E-state index < -0.39 is 0 Å². The molecule has 0 aromatic heterocycles. The van der Waals surface area contributed by atoms with E-state index in [1.165, 1.54) is 0 Å². The second kappa shape index (κ2) is 9.92. The number of fused-ring (bicyclic) bond motifs is 1. The average Bonchev–Trinajstić information content (AvgIpc) is 2.68. The minimum absolute atomic E-state index is 0.111. The van der Waals surface area contributed by atoms with Crippen molar-refractivity contribution < 1.29 is 14.3 Å². The van der Waals surface area contributed by atoms with Crippen LogP contribution in [-0.4, -0.2) is 71.9 Å². The zero-order valence-electron chi connectivity index (χ0n) is 17.2. The lowest BCUT2D eigenvalue weighted by molar-refractivity contribution is -0.131. The Morgan fingerprint density at radius 1 is 0.893 bits per heavy atom. The van der Waals surface area contributed by atoms with Gasteiger partial charge >= 0.3 is 0 Å². The van der Waals surface area contributed by atoms with E-state index >= 15 is 0 Å². The Bertz CT molecular complexity index is 671. The number of hydrogen-bond donors (Lipinski definition) is 0. The number of rotatable bonds is 1. The van der Waals surface area contributed by atoms with E-state index in [1.807, 2.05) is 34.1 Å². The molecule has 0 spiro atoms. The quantitative estimate of drug-likeness (QED) is 0.743. The van der Waals surface area contributed by atoms with Gasteiger partial charge < -0.3 is 14.5 Å². The standard InChI is InChI=1S/C22H33N3O3/c1-18(26)23-13-9-21(10-14-23)24-11-5-6-12-25(19(2)27)17-20-7-3-4-8-22(20)28-16-15-24/h3-4,7-8,21H,5-6,9-17H2,1-2H3. The lowest BCUT2D eigenvalue weighted by atomic mass is 10.0. The molecule has 0 atom stereocenters. The number of hydrogen-bond acceptors (Lipinski definition) is 4. The van der Waals surface area contributed by atoms with Crippen molar-refractivity contribution in [3.05, 3.63) is 29.8 Å². The highest BCUT2D eigenvalue weighted by Gasteiger charge is 2.25. The highest BCUT2D eigenvalue weighted by molar-refractivity contribution is 5.73. The SMILES string of the molecule is CC(=O)N1CCC(N2CCCCN(C(C)=O)Cc3ccccc3OCC2)CC1. The minimum atomic E-state index is 0.111. The Morgan fingerprint density at radius 3 is 2.29 bits per heavy atom. The third-order valence-corrected chi connectivity index (χ3v) is 5.96. The maximum Gasteiger partial charge on any atom is 0.219 e. The van der Waals surface area contributed by atoms with Gasteiger partial charge in [0.25, 0.3) is 0 Å². The average molecular weight is 388 g/mol. The third-order valence-electron chi connectivity index (χ3n) is 5.96. The van der Waals surface area contributed by atoms with Crippen molar-refractivity contribution in [2.45, 2.75) is 52.1 Å². The molecule has 3 rings (SSSR count). The minimum Gasteiger partial charge on any atom is -0.492 e. The fourth-order valence-corrected chi connectivity index (χ4v) is 4.24. The zero-order chi connectivity index (χ0) is 19.9. The summed E-state index contributed by atoms with van der Waals surface area (Å²) in [6.07, 6.45) is 4.12. The molecule has 1 fully saturated rings. The molecule has 6 nitrogen and oxygen atoms in total.